The van der Waals surface area contributed by atoms with E-state index in [0.717, 1.165) is 6.61 Å². The Bertz CT molecular complexity index is 943. The molecule has 0 aliphatic rings. The monoisotopic (exact) mass is 725 g/mol. The molecule has 0 bridgehead atoms. The highest BCUT2D eigenvalue weighted by Gasteiger charge is 2.30. The molecular weight excluding hydrogens is 629 g/mol. The van der Waals surface area contributed by atoms with Gasteiger partial charge in [0.15, 0.2) is 0 Å². The van der Waals surface area contributed by atoms with Crippen LogP contribution in [0.3, 0.4) is 0 Å². The highest BCUT2D eigenvalue weighted by molar-refractivity contribution is 5.55. The molecule has 52 heavy (non-hydrogen) atoms. The van der Waals surface area contributed by atoms with Crippen molar-refractivity contribution in [2.45, 2.75) is 285 Å². The van der Waals surface area contributed by atoms with Gasteiger partial charge in [-0.1, -0.05) is 254 Å². The molecule has 0 fully saturated rings. The molecule has 0 atom stereocenters. The molecule has 0 aromatic heterocycles. The van der Waals surface area contributed by atoms with Crippen molar-refractivity contribution in [3.8, 4) is 5.75 Å². The minimum absolute atomic E-state index is 0.0698. The second-order valence-corrected chi connectivity index (χ2v) is 19.1. The Morgan fingerprint density at radius 1 is 0.404 bits per heavy atom. The average molecular weight is 725 g/mol. The van der Waals surface area contributed by atoms with E-state index in [9.17, 15) is 0 Å². The summed E-state index contributed by atoms with van der Waals surface area (Å²) < 4.78 is 6.87. The van der Waals surface area contributed by atoms with Gasteiger partial charge in [0.2, 0.25) is 0 Å². The van der Waals surface area contributed by atoms with Crippen molar-refractivity contribution in [2.75, 3.05) is 6.61 Å². The van der Waals surface area contributed by atoms with E-state index in [1.54, 1.807) is 5.56 Å². The van der Waals surface area contributed by atoms with E-state index in [0.29, 0.717) is 0 Å². The van der Waals surface area contributed by atoms with Gasteiger partial charge in [0.1, 0.15) is 5.75 Å². The smallest absolute Gasteiger partial charge is 0.127 e. The maximum Gasteiger partial charge on any atom is 0.127 e. The second-order valence-electron chi connectivity index (χ2n) is 19.1. The van der Waals surface area contributed by atoms with E-state index in [2.05, 4.69) is 68.4 Å². The summed E-state index contributed by atoms with van der Waals surface area (Å²) in [4.78, 5) is 0. The Kier molecular flexibility index (Phi) is 29.5. The van der Waals surface area contributed by atoms with Crippen molar-refractivity contribution in [3.63, 3.8) is 0 Å². The third-order valence-electron chi connectivity index (χ3n) is 11.7. The van der Waals surface area contributed by atoms with E-state index in [1.807, 2.05) is 0 Å². The third kappa shape index (κ3) is 24.4. The van der Waals surface area contributed by atoms with Crippen molar-refractivity contribution in [2.24, 2.45) is 0 Å². The van der Waals surface area contributed by atoms with Crippen molar-refractivity contribution < 1.29 is 4.74 Å². The Morgan fingerprint density at radius 2 is 0.712 bits per heavy atom. The third-order valence-corrected chi connectivity index (χ3v) is 11.7. The number of rotatable bonds is 35. The molecule has 0 saturated heterocycles. The van der Waals surface area contributed by atoms with Crippen LogP contribution in [0.15, 0.2) is 6.07 Å². The van der Waals surface area contributed by atoms with Gasteiger partial charge >= 0.3 is 0 Å². The van der Waals surface area contributed by atoms with Crippen LogP contribution in [0.1, 0.15) is 283 Å². The van der Waals surface area contributed by atoms with Crippen LogP contribution in [0.2, 0.25) is 0 Å². The molecular formula is C51H96O. The normalized spacial score (nSPS) is 12.2. The standard InChI is InChI=1S/C51H96O/c1-10-12-14-16-18-20-22-24-26-28-30-32-34-36-38-40-42-46-45(3)44-47(50(4,5)6)49(48(46)51(7,8)9)52-43-41-39-37-35-33-31-29-27-25-23-21-19-17-15-13-11-2/h44H,10-43H2,1-9H3. The van der Waals surface area contributed by atoms with Gasteiger partial charge in [-0.2, -0.15) is 0 Å². The molecule has 1 aromatic rings. The van der Waals surface area contributed by atoms with Crippen LogP contribution < -0.4 is 4.74 Å². The molecule has 1 heteroatoms. The molecule has 0 saturated carbocycles. The topological polar surface area (TPSA) is 9.23 Å². The zero-order chi connectivity index (χ0) is 38.3. The van der Waals surface area contributed by atoms with Gasteiger partial charge in [0, 0.05) is 11.1 Å². The lowest BCUT2D eigenvalue weighted by atomic mass is 9.75. The Morgan fingerprint density at radius 3 is 1.02 bits per heavy atom. The highest BCUT2D eigenvalue weighted by Crippen LogP contribution is 2.44. The molecule has 0 heterocycles. The molecule has 1 rings (SSSR count). The van der Waals surface area contributed by atoms with Gasteiger partial charge in [0.05, 0.1) is 6.61 Å². The SMILES string of the molecule is CCCCCCCCCCCCCCCCCCOc1c(C(C)(C)C)cc(C)c(CCCCCCCCCCCCCCCCCC)c1C(C)(C)C. The molecule has 0 radical (unpaired) electrons. The van der Waals surface area contributed by atoms with Gasteiger partial charge in [-0.05, 0) is 48.1 Å². The van der Waals surface area contributed by atoms with Gasteiger partial charge in [0.25, 0.3) is 0 Å². The minimum atomic E-state index is 0.0698. The summed E-state index contributed by atoms with van der Waals surface area (Å²) in [7, 11) is 0. The molecule has 1 aromatic carbocycles. The van der Waals surface area contributed by atoms with E-state index < -0.39 is 0 Å². The number of hydrogen-bond donors (Lipinski definition) is 0. The molecule has 0 aliphatic heterocycles. The maximum absolute atomic E-state index is 6.87. The van der Waals surface area contributed by atoms with Crippen LogP contribution in [-0.2, 0) is 17.3 Å². The molecule has 0 amide bonds. The zero-order valence-corrected chi connectivity index (χ0v) is 37.5. The first-order chi connectivity index (χ1) is 25.0. The quantitative estimate of drug-likeness (QED) is 0.0633. The van der Waals surface area contributed by atoms with E-state index in [4.69, 9.17) is 4.74 Å². The first-order valence-electron chi connectivity index (χ1n) is 23.8. The zero-order valence-electron chi connectivity index (χ0n) is 37.5. The Balaban J connectivity index is 2.42. The summed E-state index contributed by atoms with van der Waals surface area (Å²) >= 11 is 0. The predicted molar refractivity (Wildman–Crippen MR) is 237 cm³/mol. The molecule has 0 unspecified atom stereocenters. The largest absolute Gasteiger partial charge is 0.493 e. The fourth-order valence-electron chi connectivity index (χ4n) is 8.33. The number of benzene rings is 1. The summed E-state index contributed by atoms with van der Waals surface area (Å²) in [6.45, 7) is 22.2. The second kappa shape index (κ2) is 31.2. The van der Waals surface area contributed by atoms with E-state index in [-0.39, 0.29) is 10.8 Å². The maximum atomic E-state index is 6.87. The van der Waals surface area contributed by atoms with Crippen molar-refractivity contribution in [3.05, 3.63) is 28.3 Å². The van der Waals surface area contributed by atoms with Crippen molar-refractivity contribution in [1.82, 2.24) is 0 Å². The Hall–Kier alpha value is -0.980. The first kappa shape index (κ1) is 49.0. The van der Waals surface area contributed by atoms with Gasteiger partial charge in [-0.3, -0.25) is 0 Å². The number of ether oxygens (including phenoxy) is 1. The summed E-state index contributed by atoms with van der Waals surface area (Å²) in [5.74, 6) is 1.22. The van der Waals surface area contributed by atoms with Gasteiger partial charge in [-0.15, -0.1) is 0 Å². The Labute approximate surface area is 329 Å². The van der Waals surface area contributed by atoms with Crippen LogP contribution in [0, 0.1) is 6.92 Å². The van der Waals surface area contributed by atoms with Gasteiger partial charge < -0.3 is 4.74 Å². The minimum Gasteiger partial charge on any atom is -0.493 e. The summed E-state index contributed by atoms with van der Waals surface area (Å²) in [5, 5.41) is 0. The number of hydrogen-bond acceptors (Lipinski definition) is 1. The van der Waals surface area contributed by atoms with Crippen LogP contribution in [0.5, 0.6) is 5.75 Å². The molecule has 0 aliphatic carbocycles. The molecule has 1 nitrogen and oxygen atoms in total. The lowest BCUT2D eigenvalue weighted by molar-refractivity contribution is 0.288. The van der Waals surface area contributed by atoms with Crippen molar-refractivity contribution in [1.29, 1.82) is 0 Å². The van der Waals surface area contributed by atoms with Gasteiger partial charge in [-0.25, -0.2) is 0 Å². The highest BCUT2D eigenvalue weighted by atomic mass is 16.5. The van der Waals surface area contributed by atoms with Crippen molar-refractivity contribution >= 4 is 0 Å². The molecule has 306 valence electrons. The summed E-state index contributed by atoms with van der Waals surface area (Å²) in [6, 6.07) is 2.49. The number of unbranched alkanes of at least 4 members (excludes halogenated alkanes) is 30. The van der Waals surface area contributed by atoms with Crippen LogP contribution in [-0.4, -0.2) is 6.61 Å². The predicted octanol–water partition coefficient (Wildman–Crippen LogP) is 18.0. The molecule has 0 spiro atoms. The van der Waals surface area contributed by atoms with Crippen LogP contribution >= 0.6 is 0 Å². The average Bonchev–Trinajstić information content (AvgIpc) is 3.09. The van der Waals surface area contributed by atoms with Crippen LogP contribution in [0.4, 0.5) is 0 Å². The van der Waals surface area contributed by atoms with E-state index >= 15 is 0 Å². The lowest BCUT2D eigenvalue weighted by Crippen LogP contribution is -2.23. The van der Waals surface area contributed by atoms with E-state index in [1.165, 1.54) is 234 Å². The fourth-order valence-corrected chi connectivity index (χ4v) is 8.33. The molecule has 0 N–H and O–H groups in total. The lowest BCUT2D eigenvalue weighted by Gasteiger charge is -2.33. The summed E-state index contributed by atoms with van der Waals surface area (Å²) in [5.41, 5.74) is 6.09. The number of aryl methyl sites for hydroxylation is 1. The fraction of sp³-hybridized carbons (Fsp3) is 0.882. The van der Waals surface area contributed by atoms with Crippen LogP contribution in [0.25, 0.3) is 0 Å². The summed E-state index contributed by atoms with van der Waals surface area (Å²) in [6.07, 6.45) is 46.5. The first-order valence-corrected chi connectivity index (χ1v) is 23.8.